The summed E-state index contributed by atoms with van der Waals surface area (Å²) in [7, 11) is 0. The van der Waals surface area contributed by atoms with E-state index in [1.54, 1.807) is 0 Å². The normalized spacial score (nSPS) is 29.0. The molecule has 1 saturated heterocycles. The number of nitrogens with zero attached hydrogens (tertiary/aromatic N) is 3. The first-order valence-electron chi connectivity index (χ1n) is 10.7. The van der Waals surface area contributed by atoms with Crippen LogP contribution >= 0.6 is 0 Å². The van der Waals surface area contributed by atoms with E-state index in [4.69, 9.17) is 0 Å². The van der Waals surface area contributed by atoms with Crippen molar-refractivity contribution >= 4 is 16.8 Å². The topological polar surface area (TPSA) is 58.4 Å². The fraction of sp³-hybridized carbons (Fsp3) is 0.652. The summed E-state index contributed by atoms with van der Waals surface area (Å²) >= 11 is 0. The zero-order valence-corrected chi connectivity index (χ0v) is 17.2. The maximum atomic E-state index is 12.5. The molecular formula is C23H31N3O2. The van der Waals surface area contributed by atoms with Crippen molar-refractivity contribution in [3.63, 3.8) is 0 Å². The quantitative estimate of drug-likeness (QED) is 0.881. The summed E-state index contributed by atoms with van der Waals surface area (Å²) in [4.78, 5) is 14.5. The van der Waals surface area contributed by atoms with Gasteiger partial charge in [0.05, 0.1) is 17.3 Å². The molecule has 0 atom stereocenters. The first-order chi connectivity index (χ1) is 13.2. The highest BCUT2D eigenvalue weighted by atomic mass is 16.3. The first-order valence-corrected chi connectivity index (χ1v) is 10.7. The van der Waals surface area contributed by atoms with E-state index in [0.29, 0.717) is 24.3 Å². The average molecular weight is 382 g/mol. The SMILES string of the molecule is CC(C)n1ncc2ccc(CC3CC4(C3)CN(C(=O)[C@H]3C[C@@](C)(O)C3)C4)cc21. The van der Waals surface area contributed by atoms with Crippen LogP contribution < -0.4 is 0 Å². The minimum Gasteiger partial charge on any atom is -0.390 e. The Kier molecular flexibility index (Phi) is 3.93. The Labute approximate surface area is 166 Å². The van der Waals surface area contributed by atoms with Gasteiger partial charge in [-0.15, -0.1) is 0 Å². The van der Waals surface area contributed by atoms with Crippen LogP contribution in [0.2, 0.25) is 0 Å². The number of carbonyl (C=O) groups excluding carboxylic acids is 1. The molecule has 1 aliphatic heterocycles. The Bertz CT molecular complexity index is 907. The Hall–Kier alpha value is -1.88. The van der Waals surface area contributed by atoms with E-state index in [2.05, 4.69) is 41.8 Å². The Morgan fingerprint density at radius 2 is 1.96 bits per heavy atom. The summed E-state index contributed by atoms with van der Waals surface area (Å²) in [6, 6.07) is 7.13. The number of amides is 1. The second-order valence-corrected chi connectivity index (χ2v) is 10.4. The number of aliphatic hydroxyl groups is 1. The Morgan fingerprint density at radius 3 is 2.61 bits per heavy atom. The highest BCUT2D eigenvalue weighted by molar-refractivity contribution is 5.81. The van der Waals surface area contributed by atoms with Crippen LogP contribution in [0.15, 0.2) is 24.4 Å². The van der Waals surface area contributed by atoms with Crippen molar-refractivity contribution in [2.45, 2.75) is 64.5 Å². The molecule has 2 saturated carbocycles. The number of hydrogen-bond donors (Lipinski definition) is 1. The molecule has 5 nitrogen and oxygen atoms in total. The fourth-order valence-electron chi connectivity index (χ4n) is 5.88. The zero-order valence-electron chi connectivity index (χ0n) is 17.2. The molecule has 5 heteroatoms. The van der Waals surface area contributed by atoms with Gasteiger partial charge in [0.1, 0.15) is 0 Å². The van der Waals surface area contributed by atoms with E-state index in [1.165, 1.54) is 29.3 Å². The van der Waals surface area contributed by atoms with Crippen LogP contribution in [-0.2, 0) is 11.2 Å². The van der Waals surface area contributed by atoms with Gasteiger partial charge in [-0.2, -0.15) is 5.10 Å². The van der Waals surface area contributed by atoms with Crippen molar-refractivity contribution in [1.29, 1.82) is 0 Å². The van der Waals surface area contributed by atoms with Gasteiger partial charge in [-0.1, -0.05) is 12.1 Å². The predicted molar refractivity (Wildman–Crippen MR) is 109 cm³/mol. The number of carbonyl (C=O) groups is 1. The molecule has 2 heterocycles. The number of rotatable bonds is 4. The van der Waals surface area contributed by atoms with Gasteiger partial charge in [0.2, 0.25) is 5.91 Å². The highest BCUT2D eigenvalue weighted by Crippen LogP contribution is 2.54. The second kappa shape index (κ2) is 6.06. The summed E-state index contributed by atoms with van der Waals surface area (Å²) < 4.78 is 2.11. The molecule has 0 unspecified atom stereocenters. The van der Waals surface area contributed by atoms with E-state index in [0.717, 1.165) is 25.4 Å². The number of fused-ring (bicyclic) bond motifs is 1. The van der Waals surface area contributed by atoms with Crippen molar-refractivity contribution < 1.29 is 9.90 Å². The van der Waals surface area contributed by atoms with Crippen LogP contribution in [-0.4, -0.2) is 44.4 Å². The van der Waals surface area contributed by atoms with Crippen LogP contribution in [0.3, 0.4) is 0 Å². The van der Waals surface area contributed by atoms with Gasteiger partial charge < -0.3 is 10.0 Å². The monoisotopic (exact) mass is 381 g/mol. The van der Waals surface area contributed by atoms with E-state index >= 15 is 0 Å². The summed E-state index contributed by atoms with van der Waals surface area (Å²) in [5, 5.41) is 15.6. The first kappa shape index (κ1) is 18.2. The molecule has 150 valence electrons. The lowest BCUT2D eigenvalue weighted by molar-refractivity contribution is -0.171. The molecule has 1 amide bonds. The largest absolute Gasteiger partial charge is 0.390 e. The number of aromatic nitrogens is 2. The van der Waals surface area contributed by atoms with Crippen molar-refractivity contribution in [3.05, 3.63) is 30.0 Å². The van der Waals surface area contributed by atoms with Crippen LogP contribution in [0.4, 0.5) is 0 Å². The highest BCUT2D eigenvalue weighted by Gasteiger charge is 2.55. The third-order valence-electron chi connectivity index (χ3n) is 7.21. The molecule has 1 N–H and O–H groups in total. The van der Waals surface area contributed by atoms with E-state index in [1.807, 2.05) is 18.0 Å². The standard InChI is InChI=1S/C23H31N3O2/c1-15(2)26-20-7-16(4-5-18(20)12-24-26)6-17-8-23(9-17)13-25(14-23)21(27)19-10-22(3,28)11-19/h4-5,7,12,15,17,19,28H,6,8-11,13-14H2,1-3H3/t19-,22+. The Balaban J connectivity index is 1.15. The van der Waals surface area contributed by atoms with Crippen LogP contribution in [0.25, 0.3) is 10.9 Å². The summed E-state index contributed by atoms with van der Waals surface area (Å²) in [5.74, 6) is 1.06. The molecule has 1 aromatic carbocycles. The second-order valence-electron chi connectivity index (χ2n) is 10.4. The molecular weight excluding hydrogens is 350 g/mol. The van der Waals surface area contributed by atoms with Gasteiger partial charge >= 0.3 is 0 Å². The molecule has 2 aromatic rings. The average Bonchev–Trinajstić information content (AvgIpc) is 2.96. The predicted octanol–water partition coefficient (Wildman–Crippen LogP) is 3.56. The van der Waals surface area contributed by atoms with Gasteiger partial charge in [-0.05, 0) is 70.4 Å². The van der Waals surface area contributed by atoms with E-state index in [9.17, 15) is 9.90 Å². The summed E-state index contributed by atoms with van der Waals surface area (Å²) in [5.41, 5.74) is 2.41. The van der Waals surface area contributed by atoms with Crippen molar-refractivity contribution in [2.75, 3.05) is 13.1 Å². The number of likely N-dealkylation sites (tertiary alicyclic amines) is 1. The molecule has 1 aromatic heterocycles. The molecule has 3 aliphatic rings. The molecule has 2 aliphatic carbocycles. The van der Waals surface area contributed by atoms with Crippen molar-refractivity contribution in [1.82, 2.24) is 14.7 Å². The molecule has 28 heavy (non-hydrogen) atoms. The third kappa shape index (κ3) is 2.95. The number of benzene rings is 1. The maximum Gasteiger partial charge on any atom is 0.225 e. The summed E-state index contributed by atoms with van der Waals surface area (Å²) in [6.07, 6.45) is 6.82. The van der Waals surface area contributed by atoms with Gasteiger partial charge in [0.25, 0.3) is 0 Å². The Morgan fingerprint density at radius 1 is 1.25 bits per heavy atom. The van der Waals surface area contributed by atoms with E-state index < -0.39 is 5.60 Å². The van der Waals surface area contributed by atoms with Gasteiger partial charge in [-0.3, -0.25) is 9.48 Å². The van der Waals surface area contributed by atoms with E-state index in [-0.39, 0.29) is 11.8 Å². The molecule has 1 spiro atoms. The lowest BCUT2D eigenvalue weighted by Gasteiger charge is -2.60. The minimum absolute atomic E-state index is 0.0563. The van der Waals surface area contributed by atoms with Gasteiger partial charge in [0.15, 0.2) is 0 Å². The van der Waals surface area contributed by atoms with Crippen LogP contribution in [0.1, 0.15) is 58.1 Å². The maximum absolute atomic E-state index is 12.5. The fourth-order valence-corrected chi connectivity index (χ4v) is 5.88. The molecule has 3 fully saturated rings. The minimum atomic E-state index is -0.615. The zero-order chi connectivity index (χ0) is 19.7. The smallest absolute Gasteiger partial charge is 0.225 e. The molecule has 0 bridgehead atoms. The molecule has 5 rings (SSSR count). The van der Waals surface area contributed by atoms with Crippen molar-refractivity contribution in [2.24, 2.45) is 17.3 Å². The lowest BCUT2D eigenvalue weighted by atomic mass is 9.56. The number of hydrogen-bond acceptors (Lipinski definition) is 3. The molecule has 0 radical (unpaired) electrons. The van der Waals surface area contributed by atoms with Gasteiger partial charge in [-0.25, -0.2) is 0 Å². The van der Waals surface area contributed by atoms with Crippen molar-refractivity contribution in [3.8, 4) is 0 Å². The third-order valence-corrected chi connectivity index (χ3v) is 7.21. The van der Waals surface area contributed by atoms with Crippen LogP contribution in [0, 0.1) is 17.3 Å². The van der Waals surface area contributed by atoms with Crippen LogP contribution in [0.5, 0.6) is 0 Å². The lowest BCUT2D eigenvalue weighted by Crippen LogP contribution is -2.66. The van der Waals surface area contributed by atoms with Gasteiger partial charge in [0, 0.05) is 35.9 Å². The summed E-state index contributed by atoms with van der Waals surface area (Å²) in [6.45, 7) is 8.03.